The Hall–Kier alpha value is -5.24. The molecule has 1 aromatic heterocycles. The molecule has 1 aliphatic heterocycles. The van der Waals surface area contributed by atoms with Crippen LogP contribution in [-0.4, -0.2) is 41.9 Å². The third-order valence-electron chi connectivity index (χ3n) is 7.01. The lowest BCUT2D eigenvalue weighted by molar-refractivity contribution is -0.148. The molecule has 0 bridgehead atoms. The van der Waals surface area contributed by atoms with Crippen LogP contribution in [0.2, 0.25) is 0 Å². The molecule has 6 rings (SSSR count). The number of aromatic nitrogens is 1. The summed E-state index contributed by atoms with van der Waals surface area (Å²) in [4.78, 5) is 47.0. The van der Waals surface area contributed by atoms with Crippen molar-refractivity contribution >= 4 is 40.0 Å². The first-order chi connectivity index (χ1) is 19.5. The van der Waals surface area contributed by atoms with E-state index in [1.165, 1.54) is 19.1 Å². The van der Waals surface area contributed by atoms with Crippen molar-refractivity contribution in [2.45, 2.75) is 12.6 Å². The van der Waals surface area contributed by atoms with Crippen LogP contribution < -0.4 is 0 Å². The molecule has 40 heavy (non-hydrogen) atoms. The minimum absolute atomic E-state index is 0.0701. The molecule has 2 aliphatic rings. The molecule has 4 aromatic rings. The normalized spacial score (nSPS) is 15.8. The number of fused-ring (bicyclic) bond motifs is 2. The molecule has 0 spiro atoms. The van der Waals surface area contributed by atoms with Gasteiger partial charge in [0, 0.05) is 22.7 Å². The highest BCUT2D eigenvalue weighted by molar-refractivity contribution is 6.25. The van der Waals surface area contributed by atoms with Gasteiger partial charge in [-0.05, 0) is 28.6 Å². The summed E-state index contributed by atoms with van der Waals surface area (Å²) >= 11 is 0. The van der Waals surface area contributed by atoms with E-state index in [2.05, 4.69) is 4.98 Å². The fourth-order valence-corrected chi connectivity index (χ4v) is 5.31. The highest BCUT2D eigenvalue weighted by Gasteiger charge is 2.46. The molecule has 1 unspecified atom stereocenters. The van der Waals surface area contributed by atoms with E-state index in [1.54, 1.807) is 24.4 Å². The average Bonchev–Trinajstić information content (AvgIpc) is 3.20. The first kappa shape index (κ1) is 25.1. The van der Waals surface area contributed by atoms with Gasteiger partial charge in [0.2, 0.25) is 12.1 Å². The third kappa shape index (κ3) is 4.01. The van der Waals surface area contributed by atoms with Gasteiger partial charge in [-0.25, -0.2) is 9.59 Å². The van der Waals surface area contributed by atoms with Gasteiger partial charge in [0.15, 0.2) is 0 Å². The summed E-state index contributed by atoms with van der Waals surface area (Å²) in [5.74, 6) is -1.83. The van der Waals surface area contributed by atoms with Gasteiger partial charge in [-0.2, -0.15) is 0 Å². The molecule has 0 saturated heterocycles. The van der Waals surface area contributed by atoms with Crippen LogP contribution in [0.1, 0.15) is 28.6 Å². The van der Waals surface area contributed by atoms with Gasteiger partial charge in [-0.1, -0.05) is 72.8 Å². The molecule has 0 radical (unpaired) electrons. The number of amides is 1. The maximum absolute atomic E-state index is 14.2. The van der Waals surface area contributed by atoms with Crippen LogP contribution in [-0.2, 0) is 35.0 Å². The minimum atomic E-state index is -1.19. The number of rotatable bonds is 5. The highest BCUT2D eigenvalue weighted by atomic mass is 16.5. The van der Waals surface area contributed by atoms with E-state index in [-0.39, 0.29) is 17.7 Å². The Bertz CT molecular complexity index is 1720. The number of methoxy groups -OCH3 is 2. The number of hydrogen-bond acceptors (Lipinski definition) is 7. The van der Waals surface area contributed by atoms with Crippen molar-refractivity contribution in [2.24, 2.45) is 0 Å². The van der Waals surface area contributed by atoms with Crippen LogP contribution in [0.4, 0.5) is 0 Å². The second-order valence-electron chi connectivity index (χ2n) is 9.27. The molecule has 8 heteroatoms. The molecule has 1 amide bonds. The fourth-order valence-electron chi connectivity index (χ4n) is 5.31. The van der Waals surface area contributed by atoms with E-state index in [0.717, 1.165) is 21.9 Å². The van der Waals surface area contributed by atoms with Crippen molar-refractivity contribution in [3.8, 4) is 0 Å². The van der Waals surface area contributed by atoms with Crippen molar-refractivity contribution in [2.75, 3.05) is 14.2 Å². The molecule has 0 saturated carbocycles. The summed E-state index contributed by atoms with van der Waals surface area (Å²) in [6.45, 7) is 0. The number of hydrogen-bond donors (Lipinski definition) is 0. The largest absolute Gasteiger partial charge is 0.465 e. The molecule has 1 aliphatic carbocycles. The molecule has 0 fully saturated rings. The van der Waals surface area contributed by atoms with Crippen LogP contribution in [0, 0.1) is 0 Å². The minimum Gasteiger partial charge on any atom is -0.465 e. The van der Waals surface area contributed by atoms with Gasteiger partial charge < -0.3 is 14.2 Å². The summed E-state index contributed by atoms with van der Waals surface area (Å²) in [7, 11) is 2.43. The van der Waals surface area contributed by atoms with Crippen molar-refractivity contribution in [1.82, 2.24) is 9.88 Å². The Morgan fingerprint density at radius 3 is 2.20 bits per heavy atom. The summed E-state index contributed by atoms with van der Waals surface area (Å²) in [5.41, 5.74) is 2.46. The number of carbonyl (C=O) groups excluding carboxylic acids is 3. The van der Waals surface area contributed by atoms with Crippen molar-refractivity contribution in [3.05, 3.63) is 125 Å². The van der Waals surface area contributed by atoms with Crippen molar-refractivity contribution in [3.63, 3.8) is 0 Å². The van der Waals surface area contributed by atoms with Gasteiger partial charge in [-0.15, -0.1) is 0 Å². The maximum Gasteiger partial charge on any atom is 0.355 e. The van der Waals surface area contributed by atoms with E-state index < -0.39 is 24.1 Å². The quantitative estimate of drug-likeness (QED) is 0.340. The predicted octanol–water partition coefficient (Wildman–Crippen LogP) is 4.82. The molecular weight excluding hydrogens is 508 g/mol. The Labute approximate surface area is 230 Å². The number of benzene rings is 3. The van der Waals surface area contributed by atoms with Crippen molar-refractivity contribution in [1.29, 1.82) is 0 Å². The highest BCUT2D eigenvalue weighted by Crippen LogP contribution is 2.51. The Kier molecular flexibility index (Phi) is 6.36. The maximum atomic E-state index is 14.2. The summed E-state index contributed by atoms with van der Waals surface area (Å²) < 4.78 is 17.1. The summed E-state index contributed by atoms with van der Waals surface area (Å²) in [6.07, 6.45) is 0.313. The molecule has 198 valence electrons. The lowest BCUT2D eigenvalue weighted by atomic mass is 9.95. The standard InChI is InChI=1S/C32H24N2O6/c1-38-31(36)27-26-21-14-8-12-20-13-9-15-22(25(20)21)29(26)40-30(23-16-6-7-17-33-23)34(28(27)32(37)39-2)24(35)18-19-10-4-3-5-11-19/h3-17,30H,18H2,1-2H3. The van der Waals surface area contributed by atoms with E-state index in [9.17, 15) is 14.4 Å². The smallest absolute Gasteiger partial charge is 0.355 e. The van der Waals surface area contributed by atoms with Crippen LogP contribution in [0.15, 0.2) is 102 Å². The number of nitrogens with zero attached hydrogens (tertiary/aromatic N) is 2. The Balaban J connectivity index is 1.67. The lowest BCUT2D eigenvalue weighted by Crippen LogP contribution is -2.40. The summed E-state index contributed by atoms with van der Waals surface area (Å²) in [6, 6.07) is 25.7. The van der Waals surface area contributed by atoms with Gasteiger partial charge in [0.05, 0.1) is 20.6 Å². The van der Waals surface area contributed by atoms with Crippen LogP contribution in [0.25, 0.3) is 22.1 Å². The lowest BCUT2D eigenvalue weighted by Gasteiger charge is -2.32. The zero-order valence-electron chi connectivity index (χ0n) is 21.8. The molecule has 8 nitrogen and oxygen atoms in total. The fraction of sp³-hybridized carbons (Fsp3) is 0.125. The van der Waals surface area contributed by atoms with Gasteiger partial charge >= 0.3 is 11.9 Å². The predicted molar refractivity (Wildman–Crippen MR) is 147 cm³/mol. The molecule has 3 aromatic carbocycles. The van der Waals surface area contributed by atoms with Crippen LogP contribution >= 0.6 is 0 Å². The zero-order valence-corrected chi connectivity index (χ0v) is 21.8. The first-order valence-electron chi connectivity index (χ1n) is 12.6. The van der Waals surface area contributed by atoms with E-state index in [0.29, 0.717) is 22.6 Å². The van der Waals surface area contributed by atoms with Crippen LogP contribution in [0.5, 0.6) is 0 Å². The topological polar surface area (TPSA) is 95.0 Å². The molecule has 1 atom stereocenters. The second kappa shape index (κ2) is 10.1. The first-order valence-corrected chi connectivity index (χ1v) is 12.6. The number of ether oxygens (including phenoxy) is 3. The van der Waals surface area contributed by atoms with Gasteiger partial charge in [0.25, 0.3) is 0 Å². The Morgan fingerprint density at radius 2 is 1.52 bits per heavy atom. The summed E-state index contributed by atoms with van der Waals surface area (Å²) in [5, 5.41) is 1.80. The number of esters is 2. The SMILES string of the molecule is COC(=O)C1=C(C(=O)OC)N(C(=O)Cc2ccccc2)C(c2ccccn2)OC2=C1c1cccc3cccc2c13. The Morgan fingerprint density at radius 1 is 0.825 bits per heavy atom. The van der Waals surface area contributed by atoms with Crippen LogP contribution in [0.3, 0.4) is 0 Å². The van der Waals surface area contributed by atoms with E-state index in [4.69, 9.17) is 14.2 Å². The monoisotopic (exact) mass is 532 g/mol. The number of pyridine rings is 1. The molecule has 0 N–H and O–H groups in total. The number of carbonyl (C=O) groups is 3. The van der Waals surface area contributed by atoms with Gasteiger partial charge in [0.1, 0.15) is 22.7 Å². The van der Waals surface area contributed by atoms with Gasteiger partial charge in [-0.3, -0.25) is 14.7 Å². The molecular formula is C32H24N2O6. The zero-order chi connectivity index (χ0) is 27.8. The third-order valence-corrected chi connectivity index (χ3v) is 7.01. The van der Waals surface area contributed by atoms with Crippen molar-refractivity contribution < 1.29 is 28.6 Å². The molecule has 2 heterocycles. The van der Waals surface area contributed by atoms with E-state index in [1.807, 2.05) is 66.7 Å². The van der Waals surface area contributed by atoms with E-state index >= 15 is 0 Å². The average molecular weight is 533 g/mol. The second-order valence-corrected chi connectivity index (χ2v) is 9.27.